The van der Waals surface area contributed by atoms with Crippen molar-refractivity contribution in [2.75, 3.05) is 0 Å². The van der Waals surface area contributed by atoms with Crippen molar-refractivity contribution < 1.29 is 23.4 Å². The molecule has 0 bridgehead atoms. The van der Waals surface area contributed by atoms with Crippen LogP contribution in [0.25, 0.3) is 0 Å². The van der Waals surface area contributed by atoms with E-state index >= 15 is 0 Å². The molecule has 2 nitrogen and oxygen atoms in total. The summed E-state index contributed by atoms with van der Waals surface area (Å²) in [5, 5.41) is 16.0. The summed E-state index contributed by atoms with van der Waals surface area (Å²) in [5.74, 6) is 2.75. The Bertz CT molecular complexity index is 147. The van der Waals surface area contributed by atoms with Crippen LogP contribution in [0.3, 0.4) is 0 Å². The normalized spacial score (nSPS) is 15.8. The van der Waals surface area contributed by atoms with E-state index < -0.39 is 18.9 Å². The largest absolute Gasteiger partial charge is 0.375 e. The summed E-state index contributed by atoms with van der Waals surface area (Å²) in [7, 11) is 0. The highest BCUT2D eigenvalue weighted by Crippen LogP contribution is 1.98. The summed E-state index contributed by atoms with van der Waals surface area (Å²) in [6, 6.07) is 0. The van der Waals surface area contributed by atoms with Crippen LogP contribution in [0.15, 0.2) is 0 Å². The van der Waals surface area contributed by atoms with Gasteiger partial charge in [-0.3, -0.25) is 0 Å². The Hall–Kier alpha value is -0.730. The van der Waals surface area contributed by atoms with Crippen LogP contribution >= 0.6 is 0 Å². The quantitative estimate of drug-likeness (QED) is 0.518. The first-order valence-electron chi connectivity index (χ1n) is 2.33. The average molecular weight is 154 g/mol. The maximum atomic E-state index is 11.4. The molecule has 10 heavy (non-hydrogen) atoms. The van der Waals surface area contributed by atoms with E-state index in [2.05, 4.69) is 0 Å². The van der Waals surface area contributed by atoms with Gasteiger partial charge in [-0.15, -0.1) is 0 Å². The summed E-state index contributed by atoms with van der Waals surface area (Å²) in [5.41, 5.74) is 0. The van der Waals surface area contributed by atoms with Crippen molar-refractivity contribution in [1.29, 1.82) is 0 Å². The lowest BCUT2D eigenvalue weighted by atomic mass is 10.4. The number of hydrogen-bond donors (Lipinski definition) is 2. The van der Waals surface area contributed by atoms with Crippen LogP contribution in [0.1, 0.15) is 0 Å². The third-order valence-electron chi connectivity index (χ3n) is 0.589. The van der Waals surface area contributed by atoms with Crippen molar-refractivity contribution in [2.45, 2.75) is 18.9 Å². The van der Waals surface area contributed by atoms with E-state index in [1.807, 2.05) is 0 Å². The molecule has 0 saturated heterocycles. The SMILES string of the molecule is OC(F)C#CC(O)C(F)F. The molecule has 0 rings (SSSR count). The minimum atomic E-state index is -3.04. The van der Waals surface area contributed by atoms with Crippen molar-refractivity contribution in [1.82, 2.24) is 0 Å². The van der Waals surface area contributed by atoms with Gasteiger partial charge in [-0.25, -0.2) is 13.2 Å². The van der Waals surface area contributed by atoms with Crippen molar-refractivity contribution in [2.24, 2.45) is 0 Å². The molecule has 0 amide bonds. The first-order chi connectivity index (χ1) is 4.54. The molecule has 0 aliphatic rings. The van der Waals surface area contributed by atoms with Gasteiger partial charge < -0.3 is 10.2 Å². The number of halogens is 3. The van der Waals surface area contributed by atoms with Gasteiger partial charge in [0, 0.05) is 0 Å². The smallest absolute Gasteiger partial charge is 0.275 e. The predicted molar refractivity (Wildman–Crippen MR) is 26.9 cm³/mol. The molecule has 0 heterocycles. The zero-order chi connectivity index (χ0) is 8.15. The molecule has 0 aromatic heterocycles. The Balaban J connectivity index is 3.80. The maximum Gasteiger partial charge on any atom is 0.275 e. The third kappa shape index (κ3) is 4.18. The Morgan fingerprint density at radius 2 is 1.50 bits per heavy atom. The van der Waals surface area contributed by atoms with Crippen molar-refractivity contribution in [3.05, 3.63) is 0 Å². The third-order valence-corrected chi connectivity index (χ3v) is 0.589. The second-order valence-corrected chi connectivity index (χ2v) is 1.40. The molecule has 58 valence electrons. The van der Waals surface area contributed by atoms with Gasteiger partial charge in [0.1, 0.15) is 0 Å². The molecule has 2 N–H and O–H groups in total. The van der Waals surface area contributed by atoms with E-state index in [0.29, 0.717) is 0 Å². The van der Waals surface area contributed by atoms with E-state index in [-0.39, 0.29) is 0 Å². The molecule has 0 aromatic carbocycles. The van der Waals surface area contributed by atoms with Gasteiger partial charge in [0.25, 0.3) is 12.8 Å². The summed E-state index contributed by atoms with van der Waals surface area (Å²) in [4.78, 5) is 0. The van der Waals surface area contributed by atoms with Crippen LogP contribution in [-0.2, 0) is 0 Å². The number of aliphatic hydroxyl groups excluding tert-OH is 2. The molecule has 2 unspecified atom stereocenters. The topological polar surface area (TPSA) is 40.5 Å². The highest BCUT2D eigenvalue weighted by Gasteiger charge is 2.12. The van der Waals surface area contributed by atoms with Crippen LogP contribution in [0.2, 0.25) is 0 Å². The second kappa shape index (κ2) is 4.14. The lowest BCUT2D eigenvalue weighted by Gasteiger charge is -1.97. The Morgan fingerprint density at radius 1 is 1.00 bits per heavy atom. The van der Waals surface area contributed by atoms with Crippen LogP contribution in [-0.4, -0.2) is 29.1 Å². The first-order valence-corrected chi connectivity index (χ1v) is 2.33. The van der Waals surface area contributed by atoms with E-state index in [4.69, 9.17) is 10.2 Å². The van der Waals surface area contributed by atoms with Crippen LogP contribution < -0.4 is 0 Å². The lowest BCUT2D eigenvalue weighted by Crippen LogP contribution is -2.14. The molecule has 0 saturated carbocycles. The molecular weight excluding hydrogens is 149 g/mol. The molecule has 0 aromatic rings. The monoisotopic (exact) mass is 154 g/mol. The van der Waals surface area contributed by atoms with Gasteiger partial charge in [0.15, 0.2) is 6.10 Å². The van der Waals surface area contributed by atoms with Crippen LogP contribution in [0.5, 0.6) is 0 Å². The minimum Gasteiger partial charge on any atom is -0.375 e. The molecule has 5 heteroatoms. The number of rotatable bonds is 1. The number of hydrogen-bond acceptors (Lipinski definition) is 2. The molecule has 0 aliphatic carbocycles. The number of alkyl halides is 3. The van der Waals surface area contributed by atoms with Gasteiger partial charge >= 0.3 is 0 Å². The summed E-state index contributed by atoms with van der Waals surface area (Å²) < 4.78 is 34.0. The summed E-state index contributed by atoms with van der Waals surface area (Å²) >= 11 is 0. The van der Waals surface area contributed by atoms with Gasteiger partial charge in [-0.2, -0.15) is 0 Å². The molecule has 0 fully saturated rings. The molecular formula is C5H5F3O2. The van der Waals surface area contributed by atoms with E-state index in [9.17, 15) is 13.2 Å². The van der Waals surface area contributed by atoms with Gasteiger partial charge in [-0.1, -0.05) is 5.92 Å². The van der Waals surface area contributed by atoms with Gasteiger partial charge in [0.2, 0.25) is 0 Å². The summed E-state index contributed by atoms with van der Waals surface area (Å²) in [6.07, 6.45) is -7.70. The Kier molecular flexibility index (Phi) is 3.84. The maximum absolute atomic E-state index is 11.4. The minimum absolute atomic E-state index is 1.34. The summed E-state index contributed by atoms with van der Waals surface area (Å²) in [6.45, 7) is 0. The van der Waals surface area contributed by atoms with E-state index in [1.54, 1.807) is 0 Å². The number of aliphatic hydroxyl groups is 2. The molecule has 0 spiro atoms. The van der Waals surface area contributed by atoms with E-state index in [0.717, 1.165) is 0 Å². The van der Waals surface area contributed by atoms with Crippen LogP contribution in [0, 0.1) is 11.8 Å². The molecule has 2 atom stereocenters. The predicted octanol–water partition coefficient (Wildman–Crippen LogP) is -0.0963. The van der Waals surface area contributed by atoms with Gasteiger partial charge in [-0.05, 0) is 5.92 Å². The highest BCUT2D eigenvalue weighted by molar-refractivity contribution is 5.07. The first kappa shape index (κ1) is 9.27. The highest BCUT2D eigenvalue weighted by atomic mass is 19.3. The Labute approximate surface area is 55.3 Å². The lowest BCUT2D eigenvalue weighted by molar-refractivity contribution is 0.0288. The molecule has 0 aliphatic heterocycles. The van der Waals surface area contributed by atoms with Gasteiger partial charge in [0.05, 0.1) is 0 Å². The zero-order valence-corrected chi connectivity index (χ0v) is 4.76. The van der Waals surface area contributed by atoms with Crippen LogP contribution in [0.4, 0.5) is 13.2 Å². The van der Waals surface area contributed by atoms with Crippen molar-refractivity contribution in [3.8, 4) is 11.8 Å². The second-order valence-electron chi connectivity index (χ2n) is 1.40. The zero-order valence-electron chi connectivity index (χ0n) is 4.76. The Morgan fingerprint density at radius 3 is 1.80 bits per heavy atom. The van der Waals surface area contributed by atoms with E-state index in [1.165, 1.54) is 11.8 Å². The van der Waals surface area contributed by atoms with Crippen molar-refractivity contribution >= 4 is 0 Å². The fourth-order valence-electron chi connectivity index (χ4n) is 0.217. The fraction of sp³-hybridized carbons (Fsp3) is 0.600. The molecule has 0 radical (unpaired) electrons. The fourth-order valence-corrected chi connectivity index (χ4v) is 0.217. The van der Waals surface area contributed by atoms with Crippen molar-refractivity contribution in [3.63, 3.8) is 0 Å². The standard InChI is InChI=1S/C5H5F3O2/c6-4(10)2-1-3(9)5(7)8/h3-5,9-10H. The average Bonchev–Trinajstić information content (AvgIpc) is 1.82.